The van der Waals surface area contributed by atoms with Crippen molar-refractivity contribution in [3.05, 3.63) is 52.8 Å². The number of primary amides is 1. The average molecular weight is 352 g/mol. The van der Waals surface area contributed by atoms with E-state index in [0.717, 1.165) is 20.6 Å². The number of halogens is 1. The van der Waals surface area contributed by atoms with E-state index in [1.807, 2.05) is 36.5 Å². The molecule has 0 unspecified atom stereocenters. The number of carbonyl (C=O) groups is 1. The van der Waals surface area contributed by atoms with Gasteiger partial charge in [-0.25, -0.2) is 0 Å². The first-order valence-electron chi connectivity index (χ1n) is 5.98. The molecule has 2 aromatic rings. The third-order valence-corrected chi connectivity index (χ3v) is 4.03. The third-order valence-electron chi connectivity index (χ3n) is 2.50. The highest BCUT2D eigenvalue weighted by molar-refractivity contribution is 9.10. The highest BCUT2D eigenvalue weighted by Crippen LogP contribution is 2.27. The number of nitrogens with zero attached hydrogens (tertiary/aromatic N) is 1. The van der Waals surface area contributed by atoms with E-state index in [0.29, 0.717) is 6.54 Å². The van der Waals surface area contributed by atoms with Crippen molar-refractivity contribution in [2.45, 2.75) is 11.4 Å². The van der Waals surface area contributed by atoms with Gasteiger partial charge in [0.2, 0.25) is 5.91 Å². The summed E-state index contributed by atoms with van der Waals surface area (Å²) in [6.07, 6.45) is 3.57. The Bertz CT molecular complexity index is 606. The normalized spacial score (nSPS) is 10.2. The molecule has 1 heterocycles. The van der Waals surface area contributed by atoms with Crippen LogP contribution in [0.5, 0.6) is 0 Å². The number of hydrogen-bond acceptors (Lipinski definition) is 4. The van der Waals surface area contributed by atoms with Crippen molar-refractivity contribution in [1.82, 2.24) is 4.98 Å². The molecule has 104 valence electrons. The lowest BCUT2D eigenvalue weighted by Crippen LogP contribution is -2.13. The molecule has 0 aliphatic carbocycles. The quantitative estimate of drug-likeness (QED) is 0.785. The van der Waals surface area contributed by atoms with Gasteiger partial charge in [0, 0.05) is 34.0 Å². The summed E-state index contributed by atoms with van der Waals surface area (Å²) in [5.74, 6) is -0.0436. The molecule has 0 bridgehead atoms. The maximum Gasteiger partial charge on any atom is 0.227 e. The van der Waals surface area contributed by atoms with Crippen molar-refractivity contribution < 1.29 is 4.79 Å². The van der Waals surface area contributed by atoms with Crippen LogP contribution in [-0.2, 0) is 11.3 Å². The highest BCUT2D eigenvalue weighted by atomic mass is 79.9. The van der Waals surface area contributed by atoms with Gasteiger partial charge in [-0.1, -0.05) is 12.1 Å². The molecule has 0 spiro atoms. The number of amides is 1. The fourth-order valence-electron chi connectivity index (χ4n) is 1.64. The molecule has 1 amide bonds. The Balaban J connectivity index is 2.03. The van der Waals surface area contributed by atoms with Gasteiger partial charge in [-0.2, -0.15) is 0 Å². The van der Waals surface area contributed by atoms with Gasteiger partial charge in [0.1, 0.15) is 0 Å². The van der Waals surface area contributed by atoms with Gasteiger partial charge in [0.15, 0.2) is 0 Å². The molecule has 4 nitrogen and oxygen atoms in total. The van der Waals surface area contributed by atoms with Gasteiger partial charge in [0.25, 0.3) is 0 Å². The molecular weight excluding hydrogens is 338 g/mol. The van der Waals surface area contributed by atoms with Crippen LogP contribution in [0.2, 0.25) is 0 Å². The number of aromatic nitrogens is 1. The minimum atomic E-state index is -0.319. The molecule has 0 saturated heterocycles. The van der Waals surface area contributed by atoms with Crippen LogP contribution < -0.4 is 11.1 Å². The third kappa shape index (κ3) is 4.54. The van der Waals surface area contributed by atoms with Gasteiger partial charge in [-0.15, -0.1) is 11.8 Å². The molecule has 0 atom stereocenters. The molecule has 2 rings (SSSR count). The van der Waals surface area contributed by atoms with E-state index < -0.39 is 0 Å². The maximum absolute atomic E-state index is 10.9. The Kier molecular flexibility index (Phi) is 5.43. The van der Waals surface area contributed by atoms with Crippen LogP contribution in [0.25, 0.3) is 0 Å². The lowest BCUT2D eigenvalue weighted by atomic mass is 10.2. The van der Waals surface area contributed by atoms with Crippen LogP contribution in [0.4, 0.5) is 5.69 Å². The monoisotopic (exact) mass is 351 g/mol. The molecular formula is C14H14BrN3OS. The van der Waals surface area contributed by atoms with Crippen LogP contribution in [0.3, 0.4) is 0 Å². The largest absolute Gasteiger partial charge is 0.380 e. The molecule has 3 N–H and O–H groups in total. The number of thioether (sulfide) groups is 1. The van der Waals surface area contributed by atoms with Crippen molar-refractivity contribution in [2.24, 2.45) is 5.73 Å². The minimum absolute atomic E-state index is 0.275. The number of anilines is 1. The fourth-order valence-corrected chi connectivity index (χ4v) is 2.82. The van der Waals surface area contributed by atoms with Crippen molar-refractivity contribution in [3.8, 4) is 0 Å². The van der Waals surface area contributed by atoms with Crippen LogP contribution >= 0.6 is 27.7 Å². The summed E-state index contributed by atoms with van der Waals surface area (Å²) in [6.45, 7) is 0.667. The lowest BCUT2D eigenvalue weighted by Gasteiger charge is -2.11. The smallest absolute Gasteiger partial charge is 0.227 e. The zero-order chi connectivity index (χ0) is 14.4. The summed E-state index contributed by atoms with van der Waals surface area (Å²) >= 11 is 4.83. The first-order chi connectivity index (χ1) is 9.65. The van der Waals surface area contributed by atoms with Crippen LogP contribution in [0, 0.1) is 0 Å². The number of benzene rings is 1. The van der Waals surface area contributed by atoms with Crippen LogP contribution in [0.15, 0.2) is 52.1 Å². The van der Waals surface area contributed by atoms with Gasteiger partial charge < -0.3 is 11.1 Å². The summed E-state index contributed by atoms with van der Waals surface area (Å²) in [4.78, 5) is 16.0. The molecule has 6 heteroatoms. The first kappa shape index (κ1) is 14.9. The number of rotatable bonds is 6. The number of pyridine rings is 1. The molecule has 0 radical (unpaired) electrons. The van der Waals surface area contributed by atoms with Gasteiger partial charge in [-0.3, -0.25) is 9.78 Å². The topological polar surface area (TPSA) is 68.0 Å². The SMILES string of the molecule is NC(=O)CSc1ccccc1NCc1cncc(Br)c1. The summed E-state index contributed by atoms with van der Waals surface area (Å²) in [7, 11) is 0. The Morgan fingerprint density at radius 2 is 2.15 bits per heavy atom. The van der Waals surface area contributed by atoms with E-state index in [4.69, 9.17) is 5.73 Å². The van der Waals surface area contributed by atoms with Gasteiger partial charge in [-0.05, 0) is 39.7 Å². The Labute approximate surface area is 130 Å². The van der Waals surface area contributed by atoms with E-state index in [1.165, 1.54) is 11.8 Å². The van der Waals surface area contributed by atoms with Crippen molar-refractivity contribution in [3.63, 3.8) is 0 Å². The molecule has 0 aliphatic heterocycles. The van der Waals surface area contributed by atoms with E-state index >= 15 is 0 Å². The Morgan fingerprint density at radius 1 is 1.35 bits per heavy atom. The molecule has 0 saturated carbocycles. The number of carbonyl (C=O) groups excluding carboxylic acids is 1. The summed E-state index contributed by atoms with van der Waals surface area (Å²) < 4.78 is 0.952. The second kappa shape index (κ2) is 7.31. The van der Waals surface area contributed by atoms with Crippen LogP contribution in [0.1, 0.15) is 5.56 Å². The number of nitrogens with two attached hydrogens (primary N) is 1. The zero-order valence-electron chi connectivity index (χ0n) is 10.7. The molecule has 0 aliphatic rings. The minimum Gasteiger partial charge on any atom is -0.380 e. The second-order valence-electron chi connectivity index (χ2n) is 4.12. The first-order valence-corrected chi connectivity index (χ1v) is 7.76. The van der Waals surface area contributed by atoms with Gasteiger partial charge >= 0.3 is 0 Å². The standard InChI is InChI=1S/C14H14BrN3OS/c15-11-5-10(6-17-8-11)7-18-12-3-1-2-4-13(12)20-9-14(16)19/h1-6,8,18H,7,9H2,(H2,16,19). The second-order valence-corrected chi connectivity index (χ2v) is 6.05. The van der Waals surface area contributed by atoms with Gasteiger partial charge in [0.05, 0.1) is 5.75 Å². The lowest BCUT2D eigenvalue weighted by molar-refractivity contribution is -0.115. The number of para-hydroxylation sites is 1. The summed E-state index contributed by atoms with van der Waals surface area (Å²) in [5.41, 5.74) is 7.24. The van der Waals surface area contributed by atoms with Crippen molar-refractivity contribution in [1.29, 1.82) is 0 Å². The van der Waals surface area contributed by atoms with Crippen LogP contribution in [-0.4, -0.2) is 16.6 Å². The number of nitrogens with one attached hydrogen (secondary N) is 1. The van der Waals surface area contributed by atoms with Crippen molar-refractivity contribution >= 4 is 39.3 Å². The molecule has 20 heavy (non-hydrogen) atoms. The predicted octanol–water partition coefficient (Wildman–Crippen LogP) is 3.03. The zero-order valence-corrected chi connectivity index (χ0v) is 13.1. The number of hydrogen-bond donors (Lipinski definition) is 2. The maximum atomic E-state index is 10.9. The Morgan fingerprint density at radius 3 is 2.90 bits per heavy atom. The van der Waals surface area contributed by atoms with E-state index in [-0.39, 0.29) is 11.7 Å². The molecule has 0 fully saturated rings. The van der Waals surface area contributed by atoms with E-state index in [1.54, 1.807) is 6.20 Å². The van der Waals surface area contributed by atoms with Crippen molar-refractivity contribution in [2.75, 3.05) is 11.1 Å². The average Bonchev–Trinajstić information content (AvgIpc) is 2.44. The Hall–Kier alpha value is -1.53. The molecule has 1 aromatic carbocycles. The van der Waals surface area contributed by atoms with E-state index in [2.05, 4.69) is 26.2 Å². The van der Waals surface area contributed by atoms with E-state index in [9.17, 15) is 4.79 Å². The highest BCUT2D eigenvalue weighted by Gasteiger charge is 2.04. The summed E-state index contributed by atoms with van der Waals surface area (Å²) in [6, 6.07) is 9.86. The predicted molar refractivity (Wildman–Crippen MR) is 85.6 cm³/mol. The summed E-state index contributed by atoms with van der Waals surface area (Å²) in [5, 5.41) is 3.35. The fraction of sp³-hybridized carbons (Fsp3) is 0.143. The molecule has 1 aromatic heterocycles.